The topological polar surface area (TPSA) is 15.3 Å². The van der Waals surface area contributed by atoms with Crippen molar-refractivity contribution in [3.63, 3.8) is 0 Å². The van der Waals surface area contributed by atoms with Crippen molar-refractivity contribution in [2.75, 3.05) is 19.6 Å². The van der Waals surface area contributed by atoms with E-state index < -0.39 is 0 Å². The largest absolute Gasteiger partial charge is 0.309 e. The molecule has 1 unspecified atom stereocenters. The minimum Gasteiger partial charge on any atom is -0.309 e. The van der Waals surface area contributed by atoms with Crippen molar-refractivity contribution >= 4 is 0 Å². The van der Waals surface area contributed by atoms with Gasteiger partial charge in [0.2, 0.25) is 0 Å². The summed E-state index contributed by atoms with van der Waals surface area (Å²) in [5.74, 6) is 0. The minimum absolute atomic E-state index is 0.305. The fraction of sp³-hybridized carbons (Fsp3) is 0.833. The molecule has 2 nitrogen and oxygen atoms in total. The maximum Gasteiger partial charge on any atom is 0.0252 e. The van der Waals surface area contributed by atoms with Gasteiger partial charge in [0, 0.05) is 31.2 Å². The van der Waals surface area contributed by atoms with Crippen LogP contribution in [0.4, 0.5) is 0 Å². The van der Waals surface area contributed by atoms with E-state index in [0.717, 1.165) is 12.6 Å². The van der Waals surface area contributed by atoms with Gasteiger partial charge in [-0.05, 0) is 33.1 Å². The zero-order valence-corrected chi connectivity index (χ0v) is 9.42. The highest BCUT2D eigenvalue weighted by Crippen LogP contribution is 2.21. The summed E-state index contributed by atoms with van der Waals surface area (Å²) in [7, 11) is 0. The molecule has 1 saturated heterocycles. The Labute approximate surface area is 87.4 Å². The van der Waals surface area contributed by atoms with E-state index >= 15 is 0 Å². The SMILES string of the molecule is CC1(C)CN(C2CC=CCC2)CCN1. The van der Waals surface area contributed by atoms with E-state index in [9.17, 15) is 0 Å². The van der Waals surface area contributed by atoms with Crippen molar-refractivity contribution in [3.8, 4) is 0 Å². The monoisotopic (exact) mass is 194 g/mol. The number of allylic oxidation sites excluding steroid dienone is 1. The van der Waals surface area contributed by atoms with Crippen LogP contribution in [0.3, 0.4) is 0 Å². The number of rotatable bonds is 1. The molecule has 2 rings (SSSR count). The smallest absolute Gasteiger partial charge is 0.0252 e. The number of nitrogens with zero attached hydrogens (tertiary/aromatic N) is 1. The highest BCUT2D eigenvalue weighted by Gasteiger charge is 2.29. The summed E-state index contributed by atoms with van der Waals surface area (Å²) in [6, 6.07) is 0.807. The number of piperazine rings is 1. The number of nitrogens with one attached hydrogen (secondary N) is 1. The van der Waals surface area contributed by atoms with E-state index in [1.54, 1.807) is 0 Å². The molecular formula is C12H22N2. The molecule has 2 aliphatic rings. The lowest BCUT2D eigenvalue weighted by molar-refractivity contribution is 0.103. The van der Waals surface area contributed by atoms with Gasteiger partial charge >= 0.3 is 0 Å². The summed E-state index contributed by atoms with van der Waals surface area (Å²) in [6.07, 6.45) is 8.56. The van der Waals surface area contributed by atoms with Gasteiger partial charge in [-0.3, -0.25) is 4.90 Å². The second kappa shape index (κ2) is 4.03. The first-order valence-electron chi connectivity index (χ1n) is 5.81. The molecule has 0 aromatic heterocycles. The van der Waals surface area contributed by atoms with E-state index in [-0.39, 0.29) is 0 Å². The zero-order valence-electron chi connectivity index (χ0n) is 9.42. The molecule has 1 N–H and O–H groups in total. The zero-order chi connectivity index (χ0) is 10.0. The summed E-state index contributed by atoms with van der Waals surface area (Å²) in [6.45, 7) is 8.18. The Bertz CT molecular complexity index is 220. The standard InChI is InChI=1S/C12H22N2/c1-12(2)10-14(9-8-13-12)11-6-4-3-5-7-11/h3-4,11,13H,5-10H2,1-2H3. The Hall–Kier alpha value is -0.340. The summed E-state index contributed by atoms with van der Waals surface area (Å²) >= 11 is 0. The third kappa shape index (κ3) is 2.37. The number of hydrogen-bond donors (Lipinski definition) is 1. The van der Waals surface area contributed by atoms with Gasteiger partial charge in [0.15, 0.2) is 0 Å². The van der Waals surface area contributed by atoms with Gasteiger partial charge in [-0.2, -0.15) is 0 Å². The lowest BCUT2D eigenvalue weighted by Gasteiger charge is -2.43. The average Bonchev–Trinajstić information content (AvgIpc) is 2.18. The summed E-state index contributed by atoms with van der Waals surface area (Å²) in [5.41, 5.74) is 0.305. The first kappa shape index (κ1) is 10.2. The third-order valence-electron chi connectivity index (χ3n) is 3.36. The first-order valence-corrected chi connectivity index (χ1v) is 5.81. The fourth-order valence-corrected chi connectivity index (χ4v) is 2.60. The van der Waals surface area contributed by atoms with Crippen LogP contribution in [-0.4, -0.2) is 36.1 Å². The molecule has 80 valence electrons. The molecule has 0 radical (unpaired) electrons. The lowest BCUT2D eigenvalue weighted by Crippen LogP contribution is -2.59. The van der Waals surface area contributed by atoms with Crippen molar-refractivity contribution in [1.82, 2.24) is 10.2 Å². The van der Waals surface area contributed by atoms with Crippen molar-refractivity contribution < 1.29 is 0 Å². The summed E-state index contributed by atoms with van der Waals surface area (Å²) in [4.78, 5) is 2.67. The van der Waals surface area contributed by atoms with Crippen LogP contribution in [-0.2, 0) is 0 Å². The Morgan fingerprint density at radius 3 is 2.86 bits per heavy atom. The van der Waals surface area contributed by atoms with Gasteiger partial charge < -0.3 is 5.32 Å². The van der Waals surface area contributed by atoms with Gasteiger partial charge in [-0.25, -0.2) is 0 Å². The quantitative estimate of drug-likeness (QED) is 0.640. The van der Waals surface area contributed by atoms with Gasteiger partial charge in [0.1, 0.15) is 0 Å². The minimum atomic E-state index is 0.305. The predicted molar refractivity (Wildman–Crippen MR) is 60.4 cm³/mol. The average molecular weight is 194 g/mol. The Morgan fingerprint density at radius 2 is 2.21 bits per heavy atom. The van der Waals surface area contributed by atoms with Gasteiger partial charge in [0.05, 0.1) is 0 Å². The van der Waals surface area contributed by atoms with E-state index in [2.05, 4.69) is 36.2 Å². The van der Waals surface area contributed by atoms with Crippen LogP contribution in [0.5, 0.6) is 0 Å². The molecule has 14 heavy (non-hydrogen) atoms. The molecule has 2 heteroatoms. The van der Waals surface area contributed by atoms with Crippen molar-refractivity contribution in [3.05, 3.63) is 12.2 Å². The Kier molecular flexibility index (Phi) is 2.93. The van der Waals surface area contributed by atoms with E-state index in [4.69, 9.17) is 0 Å². The highest BCUT2D eigenvalue weighted by molar-refractivity contribution is 4.97. The Balaban J connectivity index is 1.93. The molecule has 1 heterocycles. The number of hydrogen-bond acceptors (Lipinski definition) is 2. The molecule has 1 aliphatic heterocycles. The van der Waals surface area contributed by atoms with Crippen LogP contribution in [0.15, 0.2) is 12.2 Å². The van der Waals surface area contributed by atoms with E-state index in [1.807, 2.05) is 0 Å². The van der Waals surface area contributed by atoms with Gasteiger partial charge in [-0.1, -0.05) is 12.2 Å². The molecule has 1 fully saturated rings. The van der Waals surface area contributed by atoms with Crippen molar-refractivity contribution in [1.29, 1.82) is 0 Å². The summed E-state index contributed by atoms with van der Waals surface area (Å²) < 4.78 is 0. The van der Waals surface area contributed by atoms with Crippen LogP contribution in [0.1, 0.15) is 33.1 Å². The van der Waals surface area contributed by atoms with Crippen LogP contribution in [0.2, 0.25) is 0 Å². The maximum atomic E-state index is 3.57. The van der Waals surface area contributed by atoms with Crippen LogP contribution < -0.4 is 5.32 Å². The molecule has 0 bridgehead atoms. The molecule has 1 aliphatic carbocycles. The predicted octanol–water partition coefficient (Wildman–Crippen LogP) is 1.78. The molecule has 0 saturated carbocycles. The lowest BCUT2D eigenvalue weighted by atomic mass is 9.95. The van der Waals surface area contributed by atoms with Crippen LogP contribution >= 0.6 is 0 Å². The molecule has 0 aromatic rings. The van der Waals surface area contributed by atoms with Crippen molar-refractivity contribution in [2.45, 2.75) is 44.7 Å². The summed E-state index contributed by atoms with van der Waals surface area (Å²) in [5, 5.41) is 3.57. The van der Waals surface area contributed by atoms with E-state index in [0.29, 0.717) is 5.54 Å². The van der Waals surface area contributed by atoms with Crippen LogP contribution in [0.25, 0.3) is 0 Å². The fourth-order valence-electron chi connectivity index (χ4n) is 2.60. The maximum absolute atomic E-state index is 3.57. The molecule has 0 spiro atoms. The molecule has 1 atom stereocenters. The van der Waals surface area contributed by atoms with Gasteiger partial charge in [-0.15, -0.1) is 0 Å². The third-order valence-corrected chi connectivity index (χ3v) is 3.36. The first-order chi connectivity index (χ1) is 6.67. The van der Waals surface area contributed by atoms with Gasteiger partial charge in [0.25, 0.3) is 0 Å². The molecule has 0 aromatic carbocycles. The second-order valence-electron chi connectivity index (χ2n) is 5.22. The highest BCUT2D eigenvalue weighted by atomic mass is 15.2. The van der Waals surface area contributed by atoms with E-state index in [1.165, 1.54) is 32.4 Å². The molecule has 0 amide bonds. The van der Waals surface area contributed by atoms with Crippen LogP contribution in [0, 0.1) is 0 Å². The Morgan fingerprint density at radius 1 is 1.36 bits per heavy atom. The van der Waals surface area contributed by atoms with Crippen molar-refractivity contribution in [2.24, 2.45) is 0 Å². The second-order valence-corrected chi connectivity index (χ2v) is 5.22. The normalized spacial score (nSPS) is 33.1. The molecular weight excluding hydrogens is 172 g/mol.